The normalized spacial score (nSPS) is 11.7. The first-order valence-corrected chi connectivity index (χ1v) is 11.3. The monoisotopic (exact) mass is 451 g/mol. The molecule has 0 unspecified atom stereocenters. The van der Waals surface area contributed by atoms with E-state index in [9.17, 15) is 14.4 Å². The summed E-state index contributed by atoms with van der Waals surface area (Å²) < 4.78 is 16.0. The standard InChI is InChI=1S/C26H29NO6/c1-3-5-12-19-15-24(28)33-23-16-20(13-14-21(19)23)32-25(29)22(9-4-2)27-26(30)31-17-18-10-7-6-8-11-18/h6-8,10-11,13-16,22H,3-5,9,12,17H2,1-2H3,(H,27,30)/t22-/m0/s1. The molecule has 1 amide bonds. The fourth-order valence-corrected chi connectivity index (χ4v) is 3.48. The molecule has 1 aromatic heterocycles. The molecule has 7 heteroatoms. The van der Waals surface area contributed by atoms with Gasteiger partial charge in [0.1, 0.15) is 24.0 Å². The van der Waals surface area contributed by atoms with Crippen LogP contribution in [0.2, 0.25) is 0 Å². The van der Waals surface area contributed by atoms with E-state index in [4.69, 9.17) is 13.9 Å². The summed E-state index contributed by atoms with van der Waals surface area (Å²) in [6.45, 7) is 4.09. The van der Waals surface area contributed by atoms with Gasteiger partial charge in [0, 0.05) is 17.5 Å². The first-order valence-electron chi connectivity index (χ1n) is 11.3. The molecule has 3 aromatic rings. The number of benzene rings is 2. The molecule has 2 aromatic carbocycles. The number of carbonyl (C=O) groups excluding carboxylic acids is 2. The Morgan fingerprint density at radius 3 is 2.55 bits per heavy atom. The van der Waals surface area contributed by atoms with Gasteiger partial charge in [-0.05, 0) is 42.5 Å². The number of rotatable bonds is 10. The Morgan fingerprint density at radius 1 is 1.03 bits per heavy atom. The number of ether oxygens (including phenoxy) is 2. The van der Waals surface area contributed by atoms with Gasteiger partial charge in [0.2, 0.25) is 0 Å². The van der Waals surface area contributed by atoms with Crippen molar-refractivity contribution in [1.29, 1.82) is 0 Å². The number of unbranched alkanes of at least 4 members (excludes halogenated alkanes) is 1. The summed E-state index contributed by atoms with van der Waals surface area (Å²) in [5, 5.41) is 3.39. The Labute approximate surface area is 192 Å². The maximum absolute atomic E-state index is 12.7. The Hall–Kier alpha value is -3.61. The molecule has 0 aliphatic carbocycles. The van der Waals surface area contributed by atoms with Gasteiger partial charge in [0.25, 0.3) is 0 Å². The Morgan fingerprint density at radius 2 is 1.82 bits per heavy atom. The molecule has 0 bridgehead atoms. The van der Waals surface area contributed by atoms with Crippen molar-refractivity contribution >= 4 is 23.0 Å². The number of esters is 1. The van der Waals surface area contributed by atoms with Crippen molar-refractivity contribution in [3.8, 4) is 5.75 Å². The van der Waals surface area contributed by atoms with Gasteiger partial charge in [-0.1, -0.05) is 57.0 Å². The minimum atomic E-state index is -0.864. The van der Waals surface area contributed by atoms with Crippen LogP contribution in [-0.4, -0.2) is 18.1 Å². The predicted octanol–water partition coefficient (Wildman–Crippen LogP) is 5.14. The van der Waals surface area contributed by atoms with E-state index >= 15 is 0 Å². The van der Waals surface area contributed by atoms with Gasteiger partial charge in [-0.3, -0.25) is 0 Å². The number of aryl methyl sites for hydroxylation is 1. The van der Waals surface area contributed by atoms with Crippen LogP contribution in [0.15, 0.2) is 63.8 Å². The number of hydrogen-bond acceptors (Lipinski definition) is 6. The van der Waals surface area contributed by atoms with Gasteiger partial charge >= 0.3 is 17.7 Å². The average Bonchev–Trinajstić information content (AvgIpc) is 2.81. The zero-order valence-corrected chi connectivity index (χ0v) is 19.0. The fourth-order valence-electron chi connectivity index (χ4n) is 3.48. The van der Waals surface area contributed by atoms with Gasteiger partial charge in [0.05, 0.1) is 0 Å². The quantitative estimate of drug-likeness (QED) is 0.261. The van der Waals surface area contributed by atoms with Crippen LogP contribution < -0.4 is 15.7 Å². The minimum absolute atomic E-state index is 0.102. The van der Waals surface area contributed by atoms with Crippen LogP contribution in [-0.2, 0) is 22.6 Å². The predicted molar refractivity (Wildman–Crippen MR) is 125 cm³/mol. The van der Waals surface area contributed by atoms with Crippen molar-refractivity contribution in [3.05, 3.63) is 76.1 Å². The molecule has 1 atom stereocenters. The number of fused-ring (bicyclic) bond motifs is 1. The van der Waals surface area contributed by atoms with Gasteiger partial charge in [-0.25, -0.2) is 14.4 Å². The highest BCUT2D eigenvalue weighted by atomic mass is 16.6. The SMILES string of the molecule is CCCCc1cc(=O)oc2cc(OC(=O)[C@H](CCC)NC(=O)OCc3ccccc3)ccc12. The molecule has 33 heavy (non-hydrogen) atoms. The Kier molecular flexibility index (Phi) is 8.63. The van der Waals surface area contributed by atoms with Crippen molar-refractivity contribution in [3.63, 3.8) is 0 Å². The van der Waals surface area contributed by atoms with Crippen molar-refractivity contribution in [1.82, 2.24) is 5.32 Å². The van der Waals surface area contributed by atoms with Gasteiger partial charge in [0.15, 0.2) is 0 Å². The van der Waals surface area contributed by atoms with Crippen LogP contribution in [0.4, 0.5) is 4.79 Å². The lowest BCUT2D eigenvalue weighted by molar-refractivity contribution is -0.136. The lowest BCUT2D eigenvalue weighted by atomic mass is 10.0. The molecule has 0 radical (unpaired) electrons. The van der Waals surface area contributed by atoms with E-state index in [1.54, 1.807) is 12.1 Å². The van der Waals surface area contributed by atoms with E-state index in [2.05, 4.69) is 12.2 Å². The molecule has 0 saturated heterocycles. The number of hydrogen-bond donors (Lipinski definition) is 1. The molecule has 0 fully saturated rings. The highest BCUT2D eigenvalue weighted by Gasteiger charge is 2.23. The van der Waals surface area contributed by atoms with E-state index in [0.29, 0.717) is 18.4 Å². The van der Waals surface area contributed by atoms with Crippen molar-refractivity contribution in [2.45, 2.75) is 58.6 Å². The Balaban J connectivity index is 1.67. The second-order valence-electron chi connectivity index (χ2n) is 7.82. The topological polar surface area (TPSA) is 94.8 Å². The second kappa shape index (κ2) is 11.9. The van der Waals surface area contributed by atoms with Gasteiger partial charge in [-0.2, -0.15) is 0 Å². The van der Waals surface area contributed by atoms with Crippen LogP contribution >= 0.6 is 0 Å². The smallest absolute Gasteiger partial charge is 0.408 e. The van der Waals surface area contributed by atoms with E-state index in [0.717, 1.165) is 35.8 Å². The van der Waals surface area contributed by atoms with E-state index in [-0.39, 0.29) is 12.4 Å². The third kappa shape index (κ3) is 6.94. The zero-order chi connectivity index (χ0) is 23.6. The van der Waals surface area contributed by atoms with Crippen LogP contribution in [0.25, 0.3) is 11.0 Å². The molecule has 0 aliphatic rings. The summed E-state index contributed by atoms with van der Waals surface area (Å²) in [6, 6.07) is 14.9. The lowest BCUT2D eigenvalue weighted by Gasteiger charge is -2.17. The van der Waals surface area contributed by atoms with Crippen molar-refractivity contribution in [2.24, 2.45) is 0 Å². The Bertz CT molecular complexity index is 1140. The number of nitrogens with one attached hydrogen (secondary N) is 1. The summed E-state index contributed by atoms with van der Waals surface area (Å²) in [4.78, 5) is 36.9. The number of carbonyl (C=O) groups is 2. The number of amides is 1. The maximum atomic E-state index is 12.7. The molecular weight excluding hydrogens is 422 g/mol. The highest BCUT2D eigenvalue weighted by molar-refractivity contribution is 5.85. The van der Waals surface area contributed by atoms with Crippen molar-refractivity contribution in [2.75, 3.05) is 0 Å². The van der Waals surface area contributed by atoms with Crippen LogP contribution in [0.5, 0.6) is 5.75 Å². The average molecular weight is 452 g/mol. The maximum Gasteiger partial charge on any atom is 0.408 e. The van der Waals surface area contributed by atoms with Crippen LogP contribution in [0, 0.1) is 0 Å². The first kappa shape index (κ1) is 24.0. The lowest BCUT2D eigenvalue weighted by Crippen LogP contribution is -2.43. The summed E-state index contributed by atoms with van der Waals surface area (Å²) >= 11 is 0. The molecule has 0 spiro atoms. The summed E-state index contributed by atoms with van der Waals surface area (Å²) in [5.74, 6) is -0.374. The molecule has 0 saturated carbocycles. The second-order valence-corrected chi connectivity index (χ2v) is 7.82. The fraction of sp³-hybridized carbons (Fsp3) is 0.346. The third-order valence-electron chi connectivity index (χ3n) is 5.19. The highest BCUT2D eigenvalue weighted by Crippen LogP contribution is 2.24. The van der Waals surface area contributed by atoms with E-state index in [1.807, 2.05) is 37.3 Å². The van der Waals surface area contributed by atoms with E-state index < -0.39 is 23.7 Å². The van der Waals surface area contributed by atoms with E-state index in [1.165, 1.54) is 12.1 Å². The molecular formula is C26H29NO6. The molecule has 0 aliphatic heterocycles. The molecule has 7 nitrogen and oxygen atoms in total. The van der Waals surface area contributed by atoms with Crippen LogP contribution in [0.1, 0.15) is 50.7 Å². The zero-order valence-electron chi connectivity index (χ0n) is 19.0. The largest absolute Gasteiger partial charge is 0.445 e. The molecule has 3 rings (SSSR count). The molecule has 174 valence electrons. The number of alkyl carbamates (subject to hydrolysis) is 1. The van der Waals surface area contributed by atoms with Gasteiger partial charge < -0.3 is 19.2 Å². The summed E-state index contributed by atoms with van der Waals surface area (Å²) in [7, 11) is 0. The van der Waals surface area contributed by atoms with Crippen LogP contribution in [0.3, 0.4) is 0 Å². The molecule has 1 N–H and O–H groups in total. The first-order chi connectivity index (χ1) is 16.0. The van der Waals surface area contributed by atoms with Crippen molar-refractivity contribution < 1.29 is 23.5 Å². The summed E-state index contributed by atoms with van der Waals surface area (Å²) in [6.07, 6.45) is 3.09. The molecule has 1 heterocycles. The third-order valence-corrected chi connectivity index (χ3v) is 5.19. The minimum Gasteiger partial charge on any atom is -0.445 e. The summed E-state index contributed by atoms with van der Waals surface area (Å²) in [5.41, 5.74) is 1.68. The van der Waals surface area contributed by atoms with Gasteiger partial charge in [-0.15, -0.1) is 0 Å².